The molecule has 0 aliphatic carbocycles. The van der Waals surface area contributed by atoms with E-state index in [0.29, 0.717) is 5.92 Å². The molecule has 3 aromatic heterocycles. The predicted octanol–water partition coefficient (Wildman–Crippen LogP) is 4.01. The fourth-order valence-electron chi connectivity index (χ4n) is 6.26. The van der Waals surface area contributed by atoms with Gasteiger partial charge in [-0.1, -0.05) is 0 Å². The maximum Gasteiger partial charge on any atom is 0.137 e. The number of aromatic amines is 1. The smallest absolute Gasteiger partial charge is 0.137 e. The van der Waals surface area contributed by atoms with Crippen molar-refractivity contribution in [2.45, 2.75) is 44.4 Å². The van der Waals surface area contributed by atoms with Gasteiger partial charge in [-0.3, -0.25) is 4.98 Å². The molecule has 6 nitrogen and oxygen atoms in total. The molecular weight excluding hydrogens is 384 g/mol. The van der Waals surface area contributed by atoms with Gasteiger partial charge in [-0.2, -0.15) is 0 Å². The minimum Gasteiger partial charge on any atom is -0.346 e. The molecule has 3 aliphatic heterocycles. The Balaban J connectivity index is 1.14. The van der Waals surface area contributed by atoms with E-state index in [9.17, 15) is 0 Å². The van der Waals surface area contributed by atoms with Crippen molar-refractivity contribution in [1.82, 2.24) is 29.9 Å². The number of piperidine rings is 2. The van der Waals surface area contributed by atoms with Crippen LogP contribution in [0.5, 0.6) is 0 Å². The summed E-state index contributed by atoms with van der Waals surface area (Å²) in [7, 11) is 0. The van der Waals surface area contributed by atoms with Gasteiger partial charge in [-0.15, -0.1) is 0 Å². The van der Waals surface area contributed by atoms with Gasteiger partial charge in [-0.05, 0) is 81.1 Å². The van der Waals surface area contributed by atoms with Crippen molar-refractivity contribution in [3.05, 3.63) is 36.3 Å². The summed E-state index contributed by atoms with van der Waals surface area (Å²) >= 11 is 0. The molecule has 31 heavy (non-hydrogen) atoms. The van der Waals surface area contributed by atoms with Crippen LogP contribution in [0, 0.1) is 5.92 Å². The highest BCUT2D eigenvalue weighted by Crippen LogP contribution is 2.36. The zero-order valence-corrected chi connectivity index (χ0v) is 18.5. The monoisotopic (exact) mass is 418 g/mol. The molecule has 1 unspecified atom stereocenters. The molecule has 0 radical (unpaired) electrons. The first-order valence-corrected chi connectivity index (χ1v) is 12.3. The molecule has 0 aromatic carbocycles. The highest BCUT2D eigenvalue weighted by molar-refractivity contribution is 6.05. The number of fused-ring (bicyclic) bond motifs is 3. The summed E-state index contributed by atoms with van der Waals surface area (Å²) in [5, 5.41) is 7.88. The van der Waals surface area contributed by atoms with Gasteiger partial charge in [0.25, 0.3) is 0 Å². The third-order valence-electron chi connectivity index (χ3n) is 7.85. The molecule has 0 amide bonds. The highest BCUT2D eigenvalue weighted by Gasteiger charge is 2.30. The fourth-order valence-corrected chi connectivity index (χ4v) is 6.26. The van der Waals surface area contributed by atoms with E-state index in [1.54, 1.807) is 0 Å². The number of hydrogen-bond acceptors (Lipinski definition) is 5. The molecule has 3 aliphatic rings. The molecular formula is C25H34N6. The second-order valence-corrected chi connectivity index (χ2v) is 9.82. The molecule has 3 saturated heterocycles. The van der Waals surface area contributed by atoms with E-state index in [2.05, 4.69) is 42.0 Å². The highest BCUT2D eigenvalue weighted by atomic mass is 15.6. The summed E-state index contributed by atoms with van der Waals surface area (Å²) in [6.07, 6.45) is 13.9. The lowest BCUT2D eigenvalue weighted by Crippen LogP contribution is -2.52. The molecule has 0 saturated carbocycles. The SMILES string of the molecule is c1cc(C2CCN(N3CCCC(CN4CCCC4)C3)CC2)c2c(cnc3[nH]ccc32)n1. The van der Waals surface area contributed by atoms with Crippen molar-refractivity contribution in [3.63, 3.8) is 0 Å². The Morgan fingerprint density at radius 2 is 1.77 bits per heavy atom. The Morgan fingerprint density at radius 1 is 0.903 bits per heavy atom. The van der Waals surface area contributed by atoms with Crippen molar-refractivity contribution in [3.8, 4) is 0 Å². The first-order chi connectivity index (χ1) is 15.3. The second kappa shape index (κ2) is 8.49. The van der Waals surface area contributed by atoms with E-state index in [0.717, 1.165) is 17.1 Å². The Labute approximate surface area is 184 Å². The van der Waals surface area contributed by atoms with E-state index >= 15 is 0 Å². The summed E-state index contributed by atoms with van der Waals surface area (Å²) in [4.78, 5) is 15.1. The van der Waals surface area contributed by atoms with E-state index in [1.165, 1.54) is 101 Å². The lowest BCUT2D eigenvalue weighted by atomic mass is 9.87. The van der Waals surface area contributed by atoms with Crippen LogP contribution in [0.15, 0.2) is 30.7 Å². The Kier molecular flexibility index (Phi) is 5.38. The molecule has 0 bridgehead atoms. The molecule has 6 heterocycles. The lowest BCUT2D eigenvalue weighted by Gasteiger charge is -2.44. The summed E-state index contributed by atoms with van der Waals surface area (Å²) in [5.74, 6) is 1.45. The number of rotatable bonds is 4. The Bertz CT molecular complexity index is 1030. The third kappa shape index (κ3) is 3.86. The van der Waals surface area contributed by atoms with Gasteiger partial charge in [0.05, 0.1) is 11.7 Å². The summed E-state index contributed by atoms with van der Waals surface area (Å²) in [5.41, 5.74) is 3.45. The van der Waals surface area contributed by atoms with Crippen LogP contribution >= 0.6 is 0 Å². The van der Waals surface area contributed by atoms with Crippen LogP contribution in [-0.2, 0) is 0 Å². The summed E-state index contributed by atoms with van der Waals surface area (Å²) in [6.45, 7) is 8.82. The quantitative estimate of drug-likeness (QED) is 0.694. The lowest BCUT2D eigenvalue weighted by molar-refractivity contribution is -0.0720. The van der Waals surface area contributed by atoms with Crippen molar-refractivity contribution >= 4 is 21.9 Å². The summed E-state index contributed by atoms with van der Waals surface area (Å²) < 4.78 is 0. The van der Waals surface area contributed by atoms with Gasteiger partial charge in [0, 0.05) is 55.9 Å². The van der Waals surface area contributed by atoms with Gasteiger partial charge in [0.1, 0.15) is 5.65 Å². The van der Waals surface area contributed by atoms with Gasteiger partial charge >= 0.3 is 0 Å². The zero-order valence-electron chi connectivity index (χ0n) is 18.5. The third-order valence-corrected chi connectivity index (χ3v) is 7.85. The average molecular weight is 419 g/mol. The minimum absolute atomic E-state index is 0.604. The standard InChI is InChI=1S/C25H34N6/c1-2-12-29(11-1)17-19-4-3-13-31(18-19)30-14-7-20(8-15-30)21-5-9-26-23-16-28-25-22(24(21)23)6-10-27-25/h5-6,9-10,16,19-20H,1-4,7-8,11-15,17-18H2,(H,27,28). The van der Waals surface area contributed by atoms with Crippen LogP contribution in [-0.4, -0.2) is 75.7 Å². The van der Waals surface area contributed by atoms with Crippen LogP contribution in [0.1, 0.15) is 50.0 Å². The van der Waals surface area contributed by atoms with Crippen molar-refractivity contribution in [2.75, 3.05) is 45.8 Å². The normalized spacial score (nSPS) is 25.1. The average Bonchev–Trinajstić information content (AvgIpc) is 3.51. The molecule has 164 valence electrons. The van der Waals surface area contributed by atoms with E-state index in [1.807, 2.05) is 18.6 Å². The van der Waals surface area contributed by atoms with Gasteiger partial charge in [0.15, 0.2) is 0 Å². The zero-order chi connectivity index (χ0) is 20.6. The number of hydrogen-bond donors (Lipinski definition) is 1. The topological polar surface area (TPSA) is 51.3 Å². The van der Waals surface area contributed by atoms with Gasteiger partial charge in [0.2, 0.25) is 0 Å². The molecule has 1 atom stereocenters. The van der Waals surface area contributed by atoms with E-state index in [-0.39, 0.29) is 0 Å². The minimum atomic E-state index is 0.604. The number of nitrogens with one attached hydrogen (secondary N) is 1. The number of nitrogens with zero attached hydrogens (tertiary/aromatic N) is 5. The van der Waals surface area contributed by atoms with Crippen LogP contribution in [0.3, 0.4) is 0 Å². The van der Waals surface area contributed by atoms with Gasteiger partial charge < -0.3 is 9.88 Å². The van der Waals surface area contributed by atoms with Crippen LogP contribution < -0.4 is 0 Å². The number of hydrazine groups is 1. The van der Waals surface area contributed by atoms with Crippen molar-refractivity contribution in [2.24, 2.45) is 5.92 Å². The van der Waals surface area contributed by atoms with Crippen molar-refractivity contribution in [1.29, 1.82) is 0 Å². The molecule has 3 fully saturated rings. The maximum atomic E-state index is 4.61. The largest absolute Gasteiger partial charge is 0.346 e. The predicted molar refractivity (Wildman–Crippen MR) is 125 cm³/mol. The van der Waals surface area contributed by atoms with Crippen LogP contribution in [0.25, 0.3) is 21.9 Å². The molecule has 1 N–H and O–H groups in total. The molecule has 0 spiro atoms. The maximum absolute atomic E-state index is 4.61. The number of likely N-dealkylation sites (tertiary alicyclic amines) is 1. The first-order valence-electron chi connectivity index (χ1n) is 12.3. The molecule has 6 rings (SSSR count). The van der Waals surface area contributed by atoms with Crippen LogP contribution in [0.2, 0.25) is 0 Å². The number of aromatic nitrogens is 3. The Morgan fingerprint density at radius 3 is 2.65 bits per heavy atom. The Hall–Kier alpha value is -2.02. The molecule has 3 aromatic rings. The fraction of sp³-hybridized carbons (Fsp3) is 0.600. The number of pyridine rings is 2. The van der Waals surface area contributed by atoms with E-state index in [4.69, 9.17) is 0 Å². The van der Waals surface area contributed by atoms with Crippen LogP contribution in [0.4, 0.5) is 0 Å². The van der Waals surface area contributed by atoms with Gasteiger partial charge in [-0.25, -0.2) is 15.0 Å². The van der Waals surface area contributed by atoms with Crippen molar-refractivity contribution < 1.29 is 0 Å². The summed E-state index contributed by atoms with van der Waals surface area (Å²) in [6, 6.07) is 4.40. The second-order valence-electron chi connectivity index (χ2n) is 9.82. The van der Waals surface area contributed by atoms with E-state index < -0.39 is 0 Å². The first kappa shape index (κ1) is 19.6. The molecule has 6 heteroatoms. The number of H-pyrrole nitrogens is 1.